The van der Waals surface area contributed by atoms with Crippen LogP contribution in [0.15, 0.2) is 17.6 Å². The van der Waals surface area contributed by atoms with Gasteiger partial charge in [0.05, 0.1) is 12.1 Å². The van der Waals surface area contributed by atoms with E-state index in [0.717, 1.165) is 17.5 Å². The summed E-state index contributed by atoms with van der Waals surface area (Å²) in [5, 5.41) is 14.0. The SMILES string of the molecule is CCNC(CO)(CSc1ncc[nH]1)C1CC1. The minimum Gasteiger partial charge on any atom is -0.394 e. The van der Waals surface area contributed by atoms with Crippen molar-refractivity contribution in [3.05, 3.63) is 12.4 Å². The molecule has 90 valence electrons. The lowest BCUT2D eigenvalue weighted by Crippen LogP contribution is -2.52. The summed E-state index contributed by atoms with van der Waals surface area (Å²) in [6, 6.07) is 0. The lowest BCUT2D eigenvalue weighted by molar-refractivity contribution is 0.161. The minimum absolute atomic E-state index is 0.119. The van der Waals surface area contributed by atoms with Gasteiger partial charge in [0.15, 0.2) is 5.16 Å². The molecule has 0 saturated heterocycles. The van der Waals surface area contributed by atoms with Gasteiger partial charge in [-0.05, 0) is 25.3 Å². The first-order chi connectivity index (χ1) is 7.80. The van der Waals surface area contributed by atoms with E-state index in [4.69, 9.17) is 0 Å². The average Bonchev–Trinajstić information content (AvgIpc) is 3.03. The third kappa shape index (κ3) is 2.59. The largest absolute Gasteiger partial charge is 0.394 e. The van der Waals surface area contributed by atoms with Crippen molar-refractivity contribution in [2.75, 3.05) is 18.9 Å². The van der Waals surface area contributed by atoms with Gasteiger partial charge in [-0.2, -0.15) is 0 Å². The third-order valence-corrected chi connectivity index (χ3v) is 4.27. The number of nitrogens with zero attached hydrogens (tertiary/aromatic N) is 1. The molecule has 1 heterocycles. The molecular weight excluding hydrogens is 222 g/mol. The maximum absolute atomic E-state index is 9.64. The molecule has 1 aromatic heterocycles. The molecule has 0 radical (unpaired) electrons. The van der Waals surface area contributed by atoms with E-state index in [1.165, 1.54) is 12.8 Å². The van der Waals surface area contributed by atoms with Crippen LogP contribution in [0.2, 0.25) is 0 Å². The summed E-state index contributed by atoms with van der Waals surface area (Å²) in [7, 11) is 0. The molecule has 1 saturated carbocycles. The molecule has 4 nitrogen and oxygen atoms in total. The Morgan fingerprint density at radius 2 is 2.50 bits per heavy atom. The van der Waals surface area contributed by atoms with Crippen molar-refractivity contribution in [2.24, 2.45) is 5.92 Å². The monoisotopic (exact) mass is 241 g/mol. The number of aliphatic hydroxyl groups excluding tert-OH is 1. The van der Waals surface area contributed by atoms with Gasteiger partial charge < -0.3 is 15.4 Å². The summed E-state index contributed by atoms with van der Waals surface area (Å²) in [5.74, 6) is 1.50. The molecule has 1 atom stereocenters. The Morgan fingerprint density at radius 3 is 3.00 bits per heavy atom. The van der Waals surface area contributed by atoms with Crippen molar-refractivity contribution in [3.63, 3.8) is 0 Å². The van der Waals surface area contributed by atoms with Crippen molar-refractivity contribution >= 4 is 11.8 Å². The number of imidazole rings is 1. The quantitative estimate of drug-likeness (QED) is 0.629. The van der Waals surface area contributed by atoms with E-state index in [9.17, 15) is 5.11 Å². The summed E-state index contributed by atoms with van der Waals surface area (Å²) >= 11 is 1.68. The van der Waals surface area contributed by atoms with Crippen LogP contribution in [0.5, 0.6) is 0 Å². The van der Waals surface area contributed by atoms with E-state index >= 15 is 0 Å². The zero-order valence-electron chi connectivity index (χ0n) is 9.57. The number of thioether (sulfide) groups is 1. The van der Waals surface area contributed by atoms with Crippen LogP contribution in [0.1, 0.15) is 19.8 Å². The lowest BCUT2D eigenvalue weighted by Gasteiger charge is -2.32. The van der Waals surface area contributed by atoms with Crippen molar-refractivity contribution < 1.29 is 5.11 Å². The number of nitrogens with one attached hydrogen (secondary N) is 2. The Morgan fingerprint density at radius 1 is 1.69 bits per heavy atom. The Kier molecular flexibility index (Phi) is 3.89. The zero-order valence-corrected chi connectivity index (χ0v) is 10.4. The van der Waals surface area contributed by atoms with E-state index in [1.807, 2.05) is 6.20 Å². The smallest absolute Gasteiger partial charge is 0.165 e. The van der Waals surface area contributed by atoms with Crippen LogP contribution in [0.3, 0.4) is 0 Å². The van der Waals surface area contributed by atoms with Gasteiger partial charge >= 0.3 is 0 Å². The van der Waals surface area contributed by atoms with E-state index in [0.29, 0.717) is 5.92 Å². The van der Waals surface area contributed by atoms with Gasteiger partial charge in [-0.1, -0.05) is 18.7 Å². The molecule has 0 amide bonds. The highest BCUT2D eigenvalue weighted by atomic mass is 32.2. The molecule has 2 rings (SSSR count). The van der Waals surface area contributed by atoms with Gasteiger partial charge in [0.2, 0.25) is 0 Å². The van der Waals surface area contributed by atoms with E-state index in [2.05, 4.69) is 22.2 Å². The lowest BCUT2D eigenvalue weighted by atomic mass is 9.97. The van der Waals surface area contributed by atoms with Crippen molar-refractivity contribution in [2.45, 2.75) is 30.5 Å². The molecule has 3 N–H and O–H groups in total. The highest BCUT2D eigenvalue weighted by molar-refractivity contribution is 7.99. The zero-order chi connectivity index (χ0) is 11.4. The number of likely N-dealkylation sites (N-methyl/N-ethyl adjacent to an activating group) is 1. The highest BCUT2D eigenvalue weighted by Gasteiger charge is 2.44. The standard InChI is InChI=1S/C11H19N3OS/c1-2-14-11(7-15,9-3-4-9)8-16-10-12-5-6-13-10/h5-6,9,14-15H,2-4,7-8H2,1H3,(H,12,13). The maximum Gasteiger partial charge on any atom is 0.165 e. The summed E-state index contributed by atoms with van der Waals surface area (Å²) in [6.45, 7) is 3.19. The van der Waals surface area contributed by atoms with Crippen LogP contribution >= 0.6 is 11.8 Å². The van der Waals surface area contributed by atoms with Crippen LogP contribution < -0.4 is 5.32 Å². The van der Waals surface area contributed by atoms with Gasteiger partial charge in [-0.25, -0.2) is 4.98 Å². The van der Waals surface area contributed by atoms with E-state index in [1.54, 1.807) is 18.0 Å². The molecule has 0 bridgehead atoms. The van der Waals surface area contributed by atoms with Crippen LogP contribution in [0.25, 0.3) is 0 Å². The second-order valence-electron chi connectivity index (χ2n) is 4.30. The minimum atomic E-state index is -0.119. The Bertz CT molecular complexity index is 313. The number of aromatic amines is 1. The summed E-state index contributed by atoms with van der Waals surface area (Å²) in [5.41, 5.74) is -0.119. The first kappa shape index (κ1) is 12.0. The van der Waals surface area contributed by atoms with Gasteiger partial charge in [0.25, 0.3) is 0 Å². The molecule has 1 unspecified atom stereocenters. The van der Waals surface area contributed by atoms with Crippen molar-refractivity contribution in [1.29, 1.82) is 0 Å². The highest BCUT2D eigenvalue weighted by Crippen LogP contribution is 2.41. The number of hydrogen-bond acceptors (Lipinski definition) is 4. The van der Waals surface area contributed by atoms with Gasteiger partial charge in [0.1, 0.15) is 0 Å². The topological polar surface area (TPSA) is 60.9 Å². The Hall–Kier alpha value is -0.520. The number of aromatic nitrogens is 2. The maximum atomic E-state index is 9.64. The molecule has 1 aliphatic rings. The predicted molar refractivity (Wildman–Crippen MR) is 65.5 cm³/mol. The number of H-pyrrole nitrogens is 1. The fourth-order valence-electron chi connectivity index (χ4n) is 2.06. The number of aliphatic hydroxyl groups is 1. The van der Waals surface area contributed by atoms with Crippen LogP contribution in [0, 0.1) is 5.92 Å². The second-order valence-corrected chi connectivity index (χ2v) is 5.27. The van der Waals surface area contributed by atoms with Crippen LogP contribution in [0.4, 0.5) is 0 Å². The Balaban J connectivity index is 1.95. The van der Waals surface area contributed by atoms with Gasteiger partial charge in [0, 0.05) is 18.1 Å². The van der Waals surface area contributed by atoms with Crippen LogP contribution in [-0.2, 0) is 0 Å². The molecule has 0 aliphatic heterocycles. The molecule has 0 spiro atoms. The second kappa shape index (κ2) is 5.21. The van der Waals surface area contributed by atoms with Gasteiger partial charge in [-0.15, -0.1) is 0 Å². The molecule has 16 heavy (non-hydrogen) atoms. The fourth-order valence-corrected chi connectivity index (χ4v) is 3.17. The van der Waals surface area contributed by atoms with Crippen molar-refractivity contribution in [3.8, 4) is 0 Å². The summed E-state index contributed by atoms with van der Waals surface area (Å²) < 4.78 is 0. The van der Waals surface area contributed by atoms with E-state index < -0.39 is 0 Å². The molecular formula is C11H19N3OS. The molecule has 1 aliphatic carbocycles. The first-order valence-electron chi connectivity index (χ1n) is 5.79. The van der Waals surface area contributed by atoms with Gasteiger partial charge in [-0.3, -0.25) is 0 Å². The summed E-state index contributed by atoms with van der Waals surface area (Å²) in [4.78, 5) is 7.27. The third-order valence-electron chi connectivity index (χ3n) is 3.11. The molecule has 1 aromatic rings. The molecule has 1 fully saturated rings. The first-order valence-corrected chi connectivity index (χ1v) is 6.77. The molecule has 5 heteroatoms. The Labute approximate surface area is 100 Å². The van der Waals surface area contributed by atoms with Crippen LogP contribution in [-0.4, -0.2) is 39.5 Å². The number of rotatable bonds is 7. The summed E-state index contributed by atoms with van der Waals surface area (Å²) in [6.07, 6.45) is 6.04. The fraction of sp³-hybridized carbons (Fsp3) is 0.727. The predicted octanol–water partition coefficient (Wildman–Crippen LogP) is 1.25. The molecule has 0 aromatic carbocycles. The number of hydrogen-bond donors (Lipinski definition) is 3. The van der Waals surface area contributed by atoms with E-state index in [-0.39, 0.29) is 12.1 Å². The normalized spacial score (nSPS) is 19.6. The average molecular weight is 241 g/mol. The van der Waals surface area contributed by atoms with Crippen molar-refractivity contribution in [1.82, 2.24) is 15.3 Å².